The van der Waals surface area contributed by atoms with E-state index in [1.165, 1.54) is 71.3 Å². The first-order valence-corrected chi connectivity index (χ1v) is 11.1. The van der Waals surface area contributed by atoms with Crippen LogP contribution in [0.3, 0.4) is 0 Å². The fraction of sp³-hybridized carbons (Fsp3) is 0.357. The van der Waals surface area contributed by atoms with Gasteiger partial charge in [0.2, 0.25) is 0 Å². The van der Waals surface area contributed by atoms with Gasteiger partial charge in [-0.25, -0.2) is 0 Å². The molecular formula is C28H31N. The van der Waals surface area contributed by atoms with Gasteiger partial charge >= 0.3 is 0 Å². The van der Waals surface area contributed by atoms with Crippen molar-refractivity contribution in [2.24, 2.45) is 0 Å². The van der Waals surface area contributed by atoms with E-state index < -0.39 is 0 Å². The van der Waals surface area contributed by atoms with Gasteiger partial charge in [0.15, 0.2) is 0 Å². The van der Waals surface area contributed by atoms with Gasteiger partial charge in [0, 0.05) is 23.8 Å². The molecular weight excluding hydrogens is 350 g/mol. The highest BCUT2D eigenvalue weighted by Crippen LogP contribution is 2.49. The lowest BCUT2D eigenvalue weighted by Gasteiger charge is -2.26. The largest absolute Gasteiger partial charge is 0.345 e. The van der Waals surface area contributed by atoms with E-state index in [9.17, 15) is 0 Å². The van der Waals surface area contributed by atoms with Crippen LogP contribution in [0.1, 0.15) is 68.6 Å². The van der Waals surface area contributed by atoms with Crippen LogP contribution >= 0.6 is 0 Å². The molecule has 1 saturated carbocycles. The lowest BCUT2D eigenvalue weighted by Crippen LogP contribution is -2.16. The molecule has 29 heavy (non-hydrogen) atoms. The predicted molar refractivity (Wildman–Crippen MR) is 124 cm³/mol. The Balaban J connectivity index is 1.44. The molecule has 0 unspecified atom stereocenters. The molecule has 2 aliphatic carbocycles. The molecule has 5 rings (SSSR count). The maximum atomic E-state index is 2.39. The molecule has 2 aliphatic rings. The Morgan fingerprint density at radius 2 is 1.38 bits per heavy atom. The van der Waals surface area contributed by atoms with Crippen molar-refractivity contribution < 1.29 is 0 Å². The number of rotatable bonds is 3. The van der Waals surface area contributed by atoms with Crippen LogP contribution in [0.25, 0.3) is 11.1 Å². The fourth-order valence-corrected chi connectivity index (χ4v) is 5.46. The summed E-state index contributed by atoms with van der Waals surface area (Å²) in [6, 6.07) is 25.1. The van der Waals surface area contributed by atoms with Gasteiger partial charge in [-0.1, -0.05) is 75.6 Å². The van der Waals surface area contributed by atoms with Crippen LogP contribution in [0.5, 0.6) is 0 Å². The average molecular weight is 382 g/mol. The Kier molecular flexibility index (Phi) is 4.50. The summed E-state index contributed by atoms with van der Waals surface area (Å²) < 4.78 is 0. The van der Waals surface area contributed by atoms with Crippen molar-refractivity contribution >= 4 is 11.4 Å². The first-order chi connectivity index (χ1) is 14.1. The first-order valence-electron chi connectivity index (χ1n) is 11.1. The van der Waals surface area contributed by atoms with Gasteiger partial charge in [0.1, 0.15) is 0 Å². The second-order valence-corrected chi connectivity index (χ2v) is 9.39. The molecule has 0 aliphatic heterocycles. The third-order valence-electron chi connectivity index (χ3n) is 7.31. The molecule has 0 N–H and O–H groups in total. The van der Waals surface area contributed by atoms with Gasteiger partial charge in [-0.05, 0) is 70.8 Å². The van der Waals surface area contributed by atoms with Gasteiger partial charge < -0.3 is 4.90 Å². The smallest absolute Gasteiger partial charge is 0.0411 e. The molecule has 3 aromatic rings. The van der Waals surface area contributed by atoms with E-state index in [4.69, 9.17) is 0 Å². The first kappa shape index (κ1) is 18.5. The van der Waals surface area contributed by atoms with Gasteiger partial charge in [-0.2, -0.15) is 0 Å². The Hall–Kier alpha value is -2.54. The van der Waals surface area contributed by atoms with Crippen LogP contribution in [0.4, 0.5) is 11.4 Å². The van der Waals surface area contributed by atoms with Crippen LogP contribution in [-0.4, -0.2) is 7.05 Å². The summed E-state index contributed by atoms with van der Waals surface area (Å²) in [6.45, 7) is 4.70. The van der Waals surface area contributed by atoms with E-state index in [2.05, 4.69) is 92.5 Å². The van der Waals surface area contributed by atoms with Crippen LogP contribution in [0.15, 0.2) is 66.7 Å². The summed E-state index contributed by atoms with van der Waals surface area (Å²) in [4.78, 5) is 2.32. The maximum absolute atomic E-state index is 2.39. The van der Waals surface area contributed by atoms with Gasteiger partial charge in [0.25, 0.3) is 0 Å². The third-order valence-corrected chi connectivity index (χ3v) is 7.31. The van der Waals surface area contributed by atoms with Crippen molar-refractivity contribution in [3.63, 3.8) is 0 Å². The second-order valence-electron chi connectivity index (χ2n) is 9.39. The van der Waals surface area contributed by atoms with Crippen molar-refractivity contribution in [2.45, 2.75) is 57.3 Å². The van der Waals surface area contributed by atoms with E-state index in [0.717, 1.165) is 5.92 Å². The Morgan fingerprint density at radius 1 is 0.724 bits per heavy atom. The highest BCUT2D eigenvalue weighted by Gasteiger charge is 2.35. The Morgan fingerprint density at radius 3 is 2.14 bits per heavy atom. The summed E-state index contributed by atoms with van der Waals surface area (Å²) in [7, 11) is 2.19. The molecule has 0 amide bonds. The van der Waals surface area contributed by atoms with Crippen LogP contribution in [0.2, 0.25) is 0 Å². The maximum Gasteiger partial charge on any atom is 0.0411 e. The molecule has 0 spiro atoms. The van der Waals surface area contributed by atoms with Gasteiger partial charge in [0.05, 0.1) is 0 Å². The number of benzene rings is 3. The molecule has 1 nitrogen and oxygen atoms in total. The molecule has 0 aromatic heterocycles. The van der Waals surface area contributed by atoms with E-state index in [0.29, 0.717) is 0 Å². The van der Waals surface area contributed by atoms with Crippen LogP contribution in [0, 0.1) is 0 Å². The molecule has 0 saturated heterocycles. The second kappa shape index (κ2) is 7.06. The summed E-state index contributed by atoms with van der Waals surface area (Å²) in [5.74, 6) is 0.766. The standard InChI is InChI=1S/C28H31N/c1-28(2)26-12-8-7-11-24(26)25-18-17-23(19-27(25)28)29(3)22-15-13-21(14-16-22)20-9-5-4-6-10-20/h7-8,11-20H,4-6,9-10H2,1-3H3. The molecule has 0 bridgehead atoms. The van der Waals surface area contributed by atoms with Crippen molar-refractivity contribution in [3.8, 4) is 11.1 Å². The molecule has 1 heteroatoms. The molecule has 0 atom stereocenters. The van der Waals surface area contributed by atoms with Crippen molar-refractivity contribution in [1.82, 2.24) is 0 Å². The highest BCUT2D eigenvalue weighted by molar-refractivity contribution is 5.83. The molecule has 0 heterocycles. The van der Waals surface area contributed by atoms with Gasteiger partial charge in [-0.3, -0.25) is 0 Å². The number of fused-ring (bicyclic) bond motifs is 3. The van der Waals surface area contributed by atoms with Crippen molar-refractivity contribution in [1.29, 1.82) is 0 Å². The fourth-order valence-electron chi connectivity index (χ4n) is 5.46. The lowest BCUT2D eigenvalue weighted by molar-refractivity contribution is 0.443. The minimum atomic E-state index is 0.0492. The SMILES string of the molecule is CN(c1ccc(C2CCCCC2)cc1)c1ccc2c(c1)C(C)(C)c1ccccc1-2. The molecule has 148 valence electrons. The van der Waals surface area contributed by atoms with E-state index >= 15 is 0 Å². The number of hydrogen-bond acceptors (Lipinski definition) is 1. The topological polar surface area (TPSA) is 3.24 Å². The monoisotopic (exact) mass is 381 g/mol. The van der Waals surface area contributed by atoms with Crippen molar-refractivity contribution in [3.05, 3.63) is 83.4 Å². The number of nitrogens with zero attached hydrogens (tertiary/aromatic N) is 1. The zero-order valence-electron chi connectivity index (χ0n) is 17.9. The number of anilines is 2. The zero-order valence-corrected chi connectivity index (χ0v) is 17.9. The summed E-state index contributed by atoms with van der Waals surface area (Å²) in [5.41, 5.74) is 9.73. The van der Waals surface area contributed by atoms with Crippen LogP contribution < -0.4 is 4.90 Å². The third kappa shape index (κ3) is 3.08. The van der Waals surface area contributed by atoms with E-state index in [1.54, 1.807) is 0 Å². The predicted octanol–water partition coefficient (Wildman–Crippen LogP) is 7.81. The van der Waals surface area contributed by atoms with Crippen LogP contribution in [-0.2, 0) is 5.41 Å². The average Bonchev–Trinajstić information content (AvgIpc) is 3.01. The molecule has 1 fully saturated rings. The minimum absolute atomic E-state index is 0.0492. The minimum Gasteiger partial charge on any atom is -0.345 e. The van der Waals surface area contributed by atoms with Crippen molar-refractivity contribution in [2.75, 3.05) is 11.9 Å². The van der Waals surface area contributed by atoms with E-state index in [1.807, 2.05) is 0 Å². The Bertz CT molecular complexity index is 1020. The normalized spacial score (nSPS) is 17.6. The summed E-state index contributed by atoms with van der Waals surface area (Å²) >= 11 is 0. The summed E-state index contributed by atoms with van der Waals surface area (Å²) in [6.07, 6.45) is 6.90. The molecule has 3 aromatic carbocycles. The molecule has 0 radical (unpaired) electrons. The number of hydrogen-bond donors (Lipinski definition) is 0. The zero-order chi connectivity index (χ0) is 20.0. The Labute approximate surface area is 175 Å². The van der Waals surface area contributed by atoms with E-state index in [-0.39, 0.29) is 5.41 Å². The highest BCUT2D eigenvalue weighted by atomic mass is 15.1. The lowest BCUT2D eigenvalue weighted by atomic mass is 9.82. The van der Waals surface area contributed by atoms with Gasteiger partial charge in [-0.15, -0.1) is 0 Å². The quantitative estimate of drug-likeness (QED) is 0.447. The summed E-state index contributed by atoms with van der Waals surface area (Å²) in [5, 5.41) is 0.